The summed E-state index contributed by atoms with van der Waals surface area (Å²) in [6, 6.07) is 63.0. The minimum Gasteiger partial charge on any atom is -0.398 e. The van der Waals surface area contributed by atoms with Crippen molar-refractivity contribution in [2.45, 2.75) is 6.54 Å². The molecule has 0 radical (unpaired) electrons. The topological polar surface area (TPSA) is 35.9 Å². The van der Waals surface area contributed by atoms with Gasteiger partial charge < -0.3 is 14.9 Å². The van der Waals surface area contributed by atoms with Crippen LogP contribution in [-0.2, 0) is 6.54 Å². The number of aromatic nitrogens is 2. The molecular weight excluding hydrogens is 631 g/mol. The number of allylic oxidation sites excluding steroid dienone is 3. The van der Waals surface area contributed by atoms with Gasteiger partial charge in [0.1, 0.15) is 0 Å². The predicted octanol–water partition coefficient (Wildman–Crippen LogP) is 12.3. The monoisotopic (exact) mass is 665 g/mol. The summed E-state index contributed by atoms with van der Waals surface area (Å²) in [5.74, 6) is 0. The second-order valence-corrected chi connectivity index (χ2v) is 13.5. The fourth-order valence-corrected chi connectivity index (χ4v) is 8.25. The SMILES string of the molecule is N/C(=C\C(=C/Cn1c2ccccc2c2ccc3c4ccc5c(c4ccc3c21)c1ccccc1n5-c1ccccc1)c1ccccc1)c1ccccc1. The first-order valence-corrected chi connectivity index (χ1v) is 17.9. The average molecular weight is 666 g/mol. The zero-order valence-electron chi connectivity index (χ0n) is 28.6. The van der Waals surface area contributed by atoms with E-state index in [2.05, 4.69) is 179 Å². The van der Waals surface area contributed by atoms with Gasteiger partial charge in [-0.15, -0.1) is 0 Å². The molecular formula is C49H35N3. The summed E-state index contributed by atoms with van der Waals surface area (Å²) in [6.45, 7) is 0.688. The van der Waals surface area contributed by atoms with E-state index in [1.54, 1.807) is 0 Å². The molecule has 3 heteroatoms. The third-order valence-electron chi connectivity index (χ3n) is 10.6. The van der Waals surface area contributed by atoms with Crippen LogP contribution < -0.4 is 5.73 Å². The van der Waals surface area contributed by atoms with Crippen molar-refractivity contribution in [3.8, 4) is 5.69 Å². The molecule has 246 valence electrons. The van der Waals surface area contributed by atoms with E-state index in [0.717, 1.165) is 22.4 Å². The first-order chi connectivity index (χ1) is 25.7. The first-order valence-electron chi connectivity index (χ1n) is 17.9. The van der Waals surface area contributed by atoms with Crippen molar-refractivity contribution < 1.29 is 0 Å². The first kappa shape index (κ1) is 30.0. The molecule has 2 N–H and O–H groups in total. The molecule has 10 aromatic rings. The van der Waals surface area contributed by atoms with E-state index in [1.165, 1.54) is 70.8 Å². The van der Waals surface area contributed by atoms with Crippen LogP contribution in [-0.4, -0.2) is 9.13 Å². The Bertz CT molecular complexity index is 3020. The zero-order valence-corrected chi connectivity index (χ0v) is 28.6. The minimum atomic E-state index is 0.688. The van der Waals surface area contributed by atoms with E-state index in [-0.39, 0.29) is 0 Å². The molecule has 3 nitrogen and oxygen atoms in total. The van der Waals surface area contributed by atoms with Crippen molar-refractivity contribution in [1.29, 1.82) is 0 Å². The Kier molecular flexibility index (Phi) is 7.04. The highest BCUT2D eigenvalue weighted by Gasteiger charge is 2.18. The molecule has 8 aromatic carbocycles. The maximum absolute atomic E-state index is 6.71. The maximum atomic E-state index is 6.71. The van der Waals surface area contributed by atoms with Gasteiger partial charge in [-0.05, 0) is 69.3 Å². The Morgan fingerprint density at radius 2 is 0.981 bits per heavy atom. The summed E-state index contributed by atoms with van der Waals surface area (Å²) in [6.07, 6.45) is 4.43. The third-order valence-corrected chi connectivity index (χ3v) is 10.6. The van der Waals surface area contributed by atoms with E-state index < -0.39 is 0 Å². The van der Waals surface area contributed by atoms with Gasteiger partial charge in [-0.2, -0.15) is 0 Å². The number of hydrogen-bond acceptors (Lipinski definition) is 1. The molecule has 2 heterocycles. The molecule has 0 unspecified atom stereocenters. The molecule has 0 aliphatic heterocycles. The Hall–Kier alpha value is -6.84. The lowest BCUT2D eigenvalue weighted by Gasteiger charge is -2.12. The predicted molar refractivity (Wildman–Crippen MR) is 222 cm³/mol. The molecule has 2 aromatic heterocycles. The van der Waals surface area contributed by atoms with Gasteiger partial charge in [-0.25, -0.2) is 0 Å². The van der Waals surface area contributed by atoms with E-state index >= 15 is 0 Å². The lowest BCUT2D eigenvalue weighted by atomic mass is 9.96. The summed E-state index contributed by atoms with van der Waals surface area (Å²) in [4.78, 5) is 0. The number of hydrogen-bond donors (Lipinski definition) is 1. The van der Waals surface area contributed by atoms with Crippen LogP contribution in [0.25, 0.3) is 82.1 Å². The molecule has 0 bridgehead atoms. The number of nitrogens with two attached hydrogens (primary N) is 1. The summed E-state index contributed by atoms with van der Waals surface area (Å²) < 4.78 is 4.87. The smallest absolute Gasteiger partial charge is 0.0574 e. The van der Waals surface area contributed by atoms with E-state index in [1.807, 2.05) is 18.2 Å². The van der Waals surface area contributed by atoms with Crippen molar-refractivity contribution in [2.24, 2.45) is 5.73 Å². The second kappa shape index (κ2) is 12.2. The normalized spacial score (nSPS) is 12.6. The highest BCUT2D eigenvalue weighted by Crippen LogP contribution is 2.42. The molecule has 10 rings (SSSR count). The molecule has 52 heavy (non-hydrogen) atoms. The van der Waals surface area contributed by atoms with Gasteiger partial charge in [0.05, 0.1) is 16.6 Å². The van der Waals surface area contributed by atoms with Gasteiger partial charge in [0, 0.05) is 50.4 Å². The number of rotatable bonds is 6. The van der Waals surface area contributed by atoms with E-state index in [9.17, 15) is 0 Å². The summed E-state index contributed by atoms with van der Waals surface area (Å²) >= 11 is 0. The molecule has 0 saturated heterocycles. The highest BCUT2D eigenvalue weighted by molar-refractivity contribution is 6.28. The largest absolute Gasteiger partial charge is 0.398 e. The Labute approximate surface area is 301 Å². The lowest BCUT2D eigenvalue weighted by Crippen LogP contribution is -1.99. The summed E-state index contributed by atoms with van der Waals surface area (Å²) in [5, 5.41) is 10.1. The van der Waals surface area contributed by atoms with E-state index in [0.29, 0.717) is 6.54 Å². The number of nitrogens with zero attached hydrogens (tertiary/aromatic N) is 2. The van der Waals surface area contributed by atoms with Crippen molar-refractivity contribution in [3.05, 3.63) is 199 Å². The van der Waals surface area contributed by atoms with Gasteiger partial charge in [-0.3, -0.25) is 0 Å². The maximum Gasteiger partial charge on any atom is 0.0574 e. The standard InChI is InChI=1S/C49H35N3/c50-44(34-16-6-2-7-17-34)32-35(33-14-4-1-5-15-33)30-31-51-45-22-12-10-20-39(45)42-26-24-38-37-28-29-47-48(40(37)25-27-41(38)49(42)51)43-21-11-13-23-46(43)52(47)36-18-8-3-9-19-36/h1-30,32H,31,50H2/b35-30+,44-32-. The van der Waals surface area contributed by atoms with Crippen LogP contribution in [0.3, 0.4) is 0 Å². The van der Waals surface area contributed by atoms with Crippen LogP contribution in [0.2, 0.25) is 0 Å². The van der Waals surface area contributed by atoms with Crippen LogP contribution in [0.15, 0.2) is 188 Å². The Morgan fingerprint density at radius 3 is 1.73 bits per heavy atom. The summed E-state index contributed by atoms with van der Waals surface area (Å²) in [5.41, 5.74) is 16.8. The van der Waals surface area contributed by atoms with E-state index in [4.69, 9.17) is 5.73 Å². The zero-order chi connectivity index (χ0) is 34.6. The van der Waals surface area contributed by atoms with Gasteiger partial charge in [-0.1, -0.05) is 152 Å². The van der Waals surface area contributed by atoms with Crippen molar-refractivity contribution in [2.75, 3.05) is 0 Å². The Morgan fingerprint density at radius 1 is 0.442 bits per heavy atom. The van der Waals surface area contributed by atoms with Gasteiger partial charge in [0.25, 0.3) is 0 Å². The van der Waals surface area contributed by atoms with Gasteiger partial charge >= 0.3 is 0 Å². The van der Waals surface area contributed by atoms with Crippen molar-refractivity contribution in [1.82, 2.24) is 9.13 Å². The number of fused-ring (bicyclic) bond motifs is 11. The van der Waals surface area contributed by atoms with Crippen LogP contribution >= 0.6 is 0 Å². The van der Waals surface area contributed by atoms with Crippen LogP contribution in [0, 0.1) is 0 Å². The molecule has 0 saturated carbocycles. The van der Waals surface area contributed by atoms with Crippen LogP contribution in [0.5, 0.6) is 0 Å². The Balaban J connectivity index is 1.21. The molecule has 0 amide bonds. The highest BCUT2D eigenvalue weighted by atomic mass is 15.0. The molecule has 0 fully saturated rings. The fraction of sp³-hybridized carbons (Fsp3) is 0.0204. The second-order valence-electron chi connectivity index (χ2n) is 13.5. The minimum absolute atomic E-state index is 0.688. The lowest BCUT2D eigenvalue weighted by molar-refractivity contribution is 0.903. The quantitative estimate of drug-likeness (QED) is 0.139. The van der Waals surface area contributed by atoms with Crippen LogP contribution in [0.4, 0.5) is 0 Å². The molecule has 0 aliphatic rings. The van der Waals surface area contributed by atoms with Gasteiger partial charge in [0.2, 0.25) is 0 Å². The van der Waals surface area contributed by atoms with Crippen LogP contribution in [0.1, 0.15) is 11.1 Å². The fourth-order valence-electron chi connectivity index (χ4n) is 8.25. The summed E-state index contributed by atoms with van der Waals surface area (Å²) in [7, 11) is 0. The molecule has 0 atom stereocenters. The molecule has 0 spiro atoms. The van der Waals surface area contributed by atoms with Crippen molar-refractivity contribution >= 4 is 76.4 Å². The van der Waals surface area contributed by atoms with Crippen molar-refractivity contribution in [3.63, 3.8) is 0 Å². The third kappa shape index (κ3) is 4.74. The molecule has 0 aliphatic carbocycles. The van der Waals surface area contributed by atoms with Gasteiger partial charge in [0.15, 0.2) is 0 Å². The number of benzene rings is 8. The number of para-hydroxylation sites is 3. The average Bonchev–Trinajstić information content (AvgIpc) is 3.73.